The highest BCUT2D eigenvalue weighted by Crippen LogP contribution is 2.36. The number of carbonyl (C=O) groups is 1. The number of amides is 1. The molecule has 4 aromatic rings. The van der Waals surface area contributed by atoms with Crippen LogP contribution in [-0.2, 0) is 6.54 Å². The summed E-state index contributed by atoms with van der Waals surface area (Å²) in [6.45, 7) is 2.06. The normalized spacial score (nSPS) is 20.3. The third-order valence-corrected chi connectivity index (χ3v) is 7.25. The quantitative estimate of drug-likeness (QED) is 0.502. The Kier molecular flexibility index (Phi) is 3.92. The fraction of sp³-hybridized carbons (Fsp3) is 0.261. The number of likely N-dealkylation sites (tertiary alicyclic amines) is 1. The van der Waals surface area contributed by atoms with Crippen molar-refractivity contribution in [2.75, 3.05) is 13.1 Å². The first-order valence-electron chi connectivity index (χ1n) is 10.2. The summed E-state index contributed by atoms with van der Waals surface area (Å²) in [5.41, 5.74) is 2.74. The first kappa shape index (κ1) is 17.7. The molecule has 2 aliphatic heterocycles. The van der Waals surface area contributed by atoms with Crippen molar-refractivity contribution in [1.29, 1.82) is 0 Å². The van der Waals surface area contributed by atoms with E-state index in [0.29, 0.717) is 31.1 Å². The molecule has 0 saturated carbocycles. The third-order valence-electron chi connectivity index (χ3n) is 6.22. The van der Waals surface area contributed by atoms with Crippen molar-refractivity contribution in [1.82, 2.24) is 19.0 Å². The molecular formula is C23H20N4O2S. The Morgan fingerprint density at radius 3 is 2.77 bits per heavy atom. The molecule has 6 nitrogen and oxygen atoms in total. The molecule has 5 heterocycles. The number of fused-ring (bicyclic) bond motifs is 5. The van der Waals surface area contributed by atoms with E-state index in [9.17, 15) is 9.59 Å². The van der Waals surface area contributed by atoms with Gasteiger partial charge in [0, 0.05) is 55.3 Å². The van der Waals surface area contributed by atoms with Gasteiger partial charge in [-0.2, -0.15) is 0 Å². The SMILES string of the molecule is O=C(c1ccc2nc(-n3cccc3)sc2c1)N1CC2CC(C1)c1cccc(=O)n1C2. The van der Waals surface area contributed by atoms with Gasteiger partial charge in [-0.25, -0.2) is 4.98 Å². The number of piperidine rings is 1. The molecule has 2 atom stereocenters. The van der Waals surface area contributed by atoms with Gasteiger partial charge in [0.2, 0.25) is 0 Å². The lowest BCUT2D eigenvalue weighted by Crippen LogP contribution is -2.49. The topological polar surface area (TPSA) is 60.1 Å². The van der Waals surface area contributed by atoms with Crippen molar-refractivity contribution in [3.05, 3.63) is 82.5 Å². The summed E-state index contributed by atoms with van der Waals surface area (Å²) in [4.78, 5) is 32.2. The van der Waals surface area contributed by atoms with Gasteiger partial charge in [-0.1, -0.05) is 17.4 Å². The van der Waals surface area contributed by atoms with Crippen LogP contribution in [0.3, 0.4) is 0 Å². The van der Waals surface area contributed by atoms with Crippen LogP contribution in [0.2, 0.25) is 0 Å². The lowest BCUT2D eigenvalue weighted by molar-refractivity contribution is 0.0595. The van der Waals surface area contributed by atoms with Crippen LogP contribution in [0.15, 0.2) is 65.7 Å². The standard InChI is InChI=1S/C23H20N4O2S/c28-21-5-3-4-19-17-10-15(13-27(19)21)12-26(14-17)22(29)16-6-7-18-20(11-16)30-23(24-18)25-8-1-2-9-25/h1-9,11,15,17H,10,12-14H2. The van der Waals surface area contributed by atoms with Crippen LogP contribution in [0.5, 0.6) is 0 Å². The molecule has 2 unspecified atom stereocenters. The minimum absolute atomic E-state index is 0.0641. The maximum atomic E-state index is 13.3. The average Bonchev–Trinajstić information content (AvgIpc) is 3.43. The maximum Gasteiger partial charge on any atom is 0.253 e. The second-order valence-corrected chi connectivity index (χ2v) is 9.19. The average molecular weight is 417 g/mol. The zero-order valence-electron chi connectivity index (χ0n) is 16.3. The number of hydrogen-bond acceptors (Lipinski definition) is 4. The Labute approximate surface area is 177 Å². The number of benzene rings is 1. The van der Waals surface area contributed by atoms with Crippen LogP contribution < -0.4 is 5.56 Å². The van der Waals surface area contributed by atoms with Crippen LogP contribution in [0.4, 0.5) is 0 Å². The largest absolute Gasteiger partial charge is 0.338 e. The van der Waals surface area contributed by atoms with Crippen molar-refractivity contribution in [3.8, 4) is 5.13 Å². The molecule has 1 fully saturated rings. The van der Waals surface area contributed by atoms with Gasteiger partial charge < -0.3 is 14.0 Å². The number of aromatic nitrogens is 3. The number of hydrogen-bond donors (Lipinski definition) is 0. The minimum Gasteiger partial charge on any atom is -0.338 e. The number of pyridine rings is 1. The summed E-state index contributed by atoms with van der Waals surface area (Å²) >= 11 is 1.59. The van der Waals surface area contributed by atoms with E-state index in [4.69, 9.17) is 0 Å². The predicted octanol–water partition coefficient (Wildman–Crippen LogP) is 3.51. The van der Waals surface area contributed by atoms with Gasteiger partial charge in [-0.3, -0.25) is 9.59 Å². The van der Waals surface area contributed by atoms with Crippen molar-refractivity contribution in [2.45, 2.75) is 18.9 Å². The summed E-state index contributed by atoms with van der Waals surface area (Å²) in [6.07, 6.45) is 4.99. The molecule has 1 aromatic carbocycles. The molecule has 150 valence electrons. The molecule has 30 heavy (non-hydrogen) atoms. The number of carbonyl (C=O) groups excluding carboxylic acids is 1. The third kappa shape index (κ3) is 2.81. The highest BCUT2D eigenvalue weighted by molar-refractivity contribution is 7.20. The Bertz CT molecular complexity index is 1320. The molecule has 0 N–H and O–H groups in total. The molecule has 0 spiro atoms. The predicted molar refractivity (Wildman–Crippen MR) is 116 cm³/mol. The van der Waals surface area contributed by atoms with Gasteiger partial charge in [0.15, 0.2) is 5.13 Å². The van der Waals surface area contributed by atoms with Gasteiger partial charge in [0.1, 0.15) is 0 Å². The molecule has 3 aromatic heterocycles. The summed E-state index contributed by atoms with van der Waals surface area (Å²) in [5, 5.41) is 0.897. The maximum absolute atomic E-state index is 13.3. The van der Waals surface area contributed by atoms with Gasteiger partial charge in [-0.05, 0) is 48.7 Å². The highest BCUT2D eigenvalue weighted by Gasteiger charge is 2.36. The molecule has 1 amide bonds. The fourth-order valence-corrected chi connectivity index (χ4v) is 5.83. The Hall–Kier alpha value is -3.19. The van der Waals surface area contributed by atoms with Gasteiger partial charge in [0.25, 0.3) is 11.5 Å². The Morgan fingerprint density at radius 1 is 1.03 bits per heavy atom. The van der Waals surface area contributed by atoms with E-state index in [1.54, 1.807) is 17.4 Å². The molecule has 0 radical (unpaired) electrons. The van der Waals surface area contributed by atoms with E-state index in [2.05, 4.69) is 4.98 Å². The van der Waals surface area contributed by atoms with Crippen LogP contribution in [0, 0.1) is 5.92 Å². The minimum atomic E-state index is 0.0641. The van der Waals surface area contributed by atoms with Gasteiger partial charge >= 0.3 is 0 Å². The molecule has 2 aliphatic rings. The van der Waals surface area contributed by atoms with Gasteiger partial charge in [-0.15, -0.1) is 0 Å². The summed E-state index contributed by atoms with van der Waals surface area (Å²) in [7, 11) is 0. The molecule has 1 saturated heterocycles. The lowest BCUT2D eigenvalue weighted by Gasteiger charge is -2.42. The second-order valence-electron chi connectivity index (χ2n) is 8.18. The zero-order chi connectivity index (χ0) is 20.2. The first-order valence-corrected chi connectivity index (χ1v) is 11.0. The smallest absolute Gasteiger partial charge is 0.253 e. The van der Waals surface area contributed by atoms with Crippen molar-refractivity contribution in [2.24, 2.45) is 5.92 Å². The Balaban J connectivity index is 1.30. The monoisotopic (exact) mass is 416 g/mol. The van der Waals surface area contributed by atoms with Crippen LogP contribution in [0.25, 0.3) is 15.3 Å². The van der Waals surface area contributed by atoms with Crippen molar-refractivity contribution < 1.29 is 4.79 Å². The van der Waals surface area contributed by atoms with E-state index in [1.807, 2.05) is 68.9 Å². The summed E-state index contributed by atoms with van der Waals surface area (Å²) in [5.74, 6) is 0.616. The van der Waals surface area contributed by atoms with Crippen molar-refractivity contribution >= 4 is 27.5 Å². The highest BCUT2D eigenvalue weighted by atomic mass is 32.1. The van der Waals surface area contributed by atoms with E-state index in [-0.39, 0.29) is 17.4 Å². The van der Waals surface area contributed by atoms with E-state index in [0.717, 1.165) is 27.5 Å². The first-order chi connectivity index (χ1) is 14.7. The van der Waals surface area contributed by atoms with Crippen molar-refractivity contribution in [3.63, 3.8) is 0 Å². The second kappa shape index (κ2) is 6.67. The number of rotatable bonds is 2. The summed E-state index contributed by atoms with van der Waals surface area (Å²) < 4.78 is 4.89. The van der Waals surface area contributed by atoms with Gasteiger partial charge in [0.05, 0.1) is 10.2 Å². The number of thiazole rings is 1. The molecule has 7 heteroatoms. The van der Waals surface area contributed by atoms with E-state index >= 15 is 0 Å². The van der Waals surface area contributed by atoms with Crippen LogP contribution >= 0.6 is 11.3 Å². The molecule has 2 bridgehead atoms. The van der Waals surface area contributed by atoms with E-state index in [1.165, 1.54) is 0 Å². The van der Waals surface area contributed by atoms with E-state index < -0.39 is 0 Å². The zero-order valence-corrected chi connectivity index (χ0v) is 17.1. The van der Waals surface area contributed by atoms with Crippen LogP contribution in [0.1, 0.15) is 28.4 Å². The Morgan fingerprint density at radius 2 is 1.90 bits per heavy atom. The molecular weight excluding hydrogens is 396 g/mol. The summed E-state index contributed by atoms with van der Waals surface area (Å²) in [6, 6.07) is 15.2. The lowest BCUT2D eigenvalue weighted by atomic mass is 9.83. The fourth-order valence-electron chi connectivity index (χ4n) is 4.86. The number of nitrogens with zero attached hydrogens (tertiary/aromatic N) is 4. The molecule has 0 aliphatic carbocycles. The molecule has 6 rings (SSSR count). The van der Waals surface area contributed by atoms with Crippen LogP contribution in [-0.4, -0.2) is 38.0 Å².